The Bertz CT molecular complexity index is 410. The predicted molar refractivity (Wildman–Crippen MR) is 73.5 cm³/mol. The molecule has 2 amide bonds. The maximum Gasteiger partial charge on any atom is 0.312 e. The fourth-order valence-corrected chi connectivity index (χ4v) is 1.61. The minimum absolute atomic E-state index is 0.504. The summed E-state index contributed by atoms with van der Waals surface area (Å²) in [6.45, 7) is 4.36. The average Bonchev–Trinajstić information content (AvgIpc) is 2.39. The molecule has 0 aliphatic rings. The third kappa shape index (κ3) is 5.48. The highest BCUT2D eigenvalue weighted by Crippen LogP contribution is 2.27. The maximum atomic E-state index is 10.5. The number of hydrogen-bond acceptors (Lipinski definition) is 4. The van der Waals surface area contributed by atoms with Gasteiger partial charge in [0, 0.05) is 19.6 Å². The van der Waals surface area contributed by atoms with Crippen LogP contribution >= 0.6 is 0 Å². The average molecular weight is 267 g/mol. The smallest absolute Gasteiger partial charge is 0.312 e. The standard InChI is InChI=1S/C13H21N3O3/c1-3-19-12-8-10(4-5-11(12)18-2)9-15-6-7-16-13(14)17/h4-5,8,15H,3,6-7,9H2,1-2H3,(H3,14,16,17). The molecular weight excluding hydrogens is 246 g/mol. The molecule has 4 N–H and O–H groups in total. The Kier molecular flexibility index (Phi) is 6.52. The second kappa shape index (κ2) is 8.20. The van der Waals surface area contributed by atoms with E-state index in [4.69, 9.17) is 15.2 Å². The fraction of sp³-hybridized carbons (Fsp3) is 0.462. The molecule has 0 aliphatic heterocycles. The first-order valence-electron chi connectivity index (χ1n) is 6.21. The first kappa shape index (κ1) is 15.1. The monoisotopic (exact) mass is 267 g/mol. The largest absolute Gasteiger partial charge is 0.493 e. The third-order valence-electron chi connectivity index (χ3n) is 2.46. The molecule has 1 rings (SSSR count). The topological polar surface area (TPSA) is 85.6 Å². The van der Waals surface area contributed by atoms with Crippen molar-refractivity contribution >= 4 is 6.03 Å². The maximum absolute atomic E-state index is 10.5. The van der Waals surface area contributed by atoms with Gasteiger partial charge in [0.2, 0.25) is 0 Å². The van der Waals surface area contributed by atoms with Gasteiger partial charge in [-0.25, -0.2) is 4.79 Å². The van der Waals surface area contributed by atoms with Crippen LogP contribution < -0.4 is 25.8 Å². The van der Waals surface area contributed by atoms with Crippen LogP contribution in [-0.4, -0.2) is 32.8 Å². The van der Waals surface area contributed by atoms with E-state index in [0.717, 1.165) is 17.1 Å². The highest BCUT2D eigenvalue weighted by molar-refractivity contribution is 5.71. The second-order valence-electron chi connectivity index (χ2n) is 3.89. The lowest BCUT2D eigenvalue weighted by Crippen LogP contribution is -2.35. The fourth-order valence-electron chi connectivity index (χ4n) is 1.61. The number of carbonyl (C=O) groups excluding carboxylic acids is 1. The number of amides is 2. The minimum Gasteiger partial charge on any atom is -0.493 e. The SMILES string of the molecule is CCOc1cc(CNCCNC(N)=O)ccc1OC. The number of primary amides is 1. The summed E-state index contributed by atoms with van der Waals surface area (Å²) in [5, 5.41) is 5.71. The number of nitrogens with one attached hydrogen (secondary N) is 2. The molecule has 0 unspecified atom stereocenters. The van der Waals surface area contributed by atoms with Gasteiger partial charge < -0.3 is 25.8 Å². The molecule has 0 aromatic heterocycles. The molecule has 6 nitrogen and oxygen atoms in total. The molecule has 1 aromatic rings. The van der Waals surface area contributed by atoms with Gasteiger partial charge in [-0.1, -0.05) is 6.07 Å². The first-order valence-corrected chi connectivity index (χ1v) is 6.21. The summed E-state index contributed by atoms with van der Waals surface area (Å²) in [4.78, 5) is 10.5. The molecule has 0 radical (unpaired) electrons. The van der Waals surface area contributed by atoms with Crippen molar-refractivity contribution in [2.75, 3.05) is 26.8 Å². The van der Waals surface area contributed by atoms with Crippen molar-refractivity contribution in [3.8, 4) is 11.5 Å². The Balaban J connectivity index is 2.45. The Morgan fingerprint density at radius 2 is 2.11 bits per heavy atom. The van der Waals surface area contributed by atoms with E-state index in [2.05, 4.69) is 10.6 Å². The molecule has 0 bridgehead atoms. The van der Waals surface area contributed by atoms with Crippen LogP contribution in [0.15, 0.2) is 18.2 Å². The normalized spacial score (nSPS) is 10.0. The Labute approximate surface area is 113 Å². The van der Waals surface area contributed by atoms with Gasteiger partial charge in [-0.2, -0.15) is 0 Å². The van der Waals surface area contributed by atoms with E-state index in [1.165, 1.54) is 0 Å². The zero-order chi connectivity index (χ0) is 14.1. The van der Waals surface area contributed by atoms with Crippen LogP contribution in [0.4, 0.5) is 4.79 Å². The lowest BCUT2D eigenvalue weighted by Gasteiger charge is -2.11. The minimum atomic E-state index is -0.509. The molecular formula is C13H21N3O3. The van der Waals surface area contributed by atoms with Crippen LogP contribution in [0.2, 0.25) is 0 Å². The van der Waals surface area contributed by atoms with Crippen molar-refractivity contribution in [2.45, 2.75) is 13.5 Å². The van der Waals surface area contributed by atoms with Gasteiger partial charge in [0.25, 0.3) is 0 Å². The van der Waals surface area contributed by atoms with Crippen LogP contribution in [-0.2, 0) is 6.54 Å². The molecule has 19 heavy (non-hydrogen) atoms. The van der Waals surface area contributed by atoms with E-state index in [1.54, 1.807) is 7.11 Å². The number of hydrogen-bond donors (Lipinski definition) is 3. The van der Waals surface area contributed by atoms with E-state index in [1.807, 2.05) is 25.1 Å². The van der Waals surface area contributed by atoms with Gasteiger partial charge in [-0.05, 0) is 24.6 Å². The van der Waals surface area contributed by atoms with Gasteiger partial charge in [-0.15, -0.1) is 0 Å². The number of urea groups is 1. The summed E-state index contributed by atoms with van der Waals surface area (Å²) < 4.78 is 10.7. The van der Waals surface area contributed by atoms with Crippen molar-refractivity contribution in [3.63, 3.8) is 0 Å². The van der Waals surface area contributed by atoms with E-state index < -0.39 is 6.03 Å². The van der Waals surface area contributed by atoms with Crippen LogP contribution in [0.1, 0.15) is 12.5 Å². The van der Waals surface area contributed by atoms with Gasteiger partial charge in [0.1, 0.15) is 0 Å². The Morgan fingerprint density at radius 1 is 1.32 bits per heavy atom. The molecule has 0 fully saturated rings. The van der Waals surface area contributed by atoms with Crippen LogP contribution in [0.25, 0.3) is 0 Å². The number of rotatable bonds is 8. The first-order chi connectivity index (χ1) is 9.17. The van der Waals surface area contributed by atoms with Gasteiger partial charge in [0.05, 0.1) is 13.7 Å². The number of carbonyl (C=O) groups is 1. The van der Waals surface area contributed by atoms with Crippen molar-refractivity contribution in [2.24, 2.45) is 5.73 Å². The van der Waals surface area contributed by atoms with Crippen molar-refractivity contribution in [3.05, 3.63) is 23.8 Å². The third-order valence-corrected chi connectivity index (χ3v) is 2.46. The molecule has 0 spiro atoms. The zero-order valence-electron chi connectivity index (χ0n) is 11.4. The lowest BCUT2D eigenvalue weighted by molar-refractivity contribution is 0.249. The quantitative estimate of drug-likeness (QED) is 0.610. The zero-order valence-corrected chi connectivity index (χ0v) is 11.4. The van der Waals surface area contributed by atoms with Crippen molar-refractivity contribution in [1.82, 2.24) is 10.6 Å². The van der Waals surface area contributed by atoms with Crippen LogP contribution in [0.3, 0.4) is 0 Å². The summed E-state index contributed by atoms with van der Waals surface area (Å²) >= 11 is 0. The molecule has 106 valence electrons. The molecule has 0 aliphatic carbocycles. The Morgan fingerprint density at radius 3 is 2.74 bits per heavy atom. The van der Waals surface area contributed by atoms with E-state index >= 15 is 0 Å². The molecule has 0 atom stereocenters. The van der Waals surface area contributed by atoms with Gasteiger partial charge >= 0.3 is 6.03 Å². The number of benzene rings is 1. The highest BCUT2D eigenvalue weighted by Gasteiger charge is 2.04. The predicted octanol–water partition coefficient (Wildman–Crippen LogP) is 0.852. The summed E-state index contributed by atoms with van der Waals surface area (Å²) in [7, 11) is 1.62. The molecule has 1 aromatic carbocycles. The summed E-state index contributed by atoms with van der Waals surface area (Å²) in [5.41, 5.74) is 6.05. The number of ether oxygens (including phenoxy) is 2. The van der Waals surface area contributed by atoms with Crippen molar-refractivity contribution < 1.29 is 14.3 Å². The summed E-state index contributed by atoms with van der Waals surface area (Å²) in [5.74, 6) is 1.46. The highest BCUT2D eigenvalue weighted by atomic mass is 16.5. The molecule has 0 saturated carbocycles. The van der Waals surface area contributed by atoms with Crippen molar-refractivity contribution in [1.29, 1.82) is 0 Å². The molecule has 0 saturated heterocycles. The number of nitrogens with two attached hydrogens (primary N) is 1. The summed E-state index contributed by atoms with van der Waals surface area (Å²) in [6, 6.07) is 5.28. The van der Waals surface area contributed by atoms with E-state index in [9.17, 15) is 4.79 Å². The van der Waals surface area contributed by atoms with Gasteiger partial charge in [-0.3, -0.25) is 0 Å². The molecule has 6 heteroatoms. The van der Waals surface area contributed by atoms with E-state index in [0.29, 0.717) is 26.2 Å². The Hall–Kier alpha value is -1.95. The lowest BCUT2D eigenvalue weighted by atomic mass is 10.2. The van der Waals surface area contributed by atoms with Gasteiger partial charge in [0.15, 0.2) is 11.5 Å². The summed E-state index contributed by atoms with van der Waals surface area (Å²) in [6.07, 6.45) is 0. The second-order valence-corrected chi connectivity index (χ2v) is 3.89. The number of methoxy groups -OCH3 is 1. The van der Waals surface area contributed by atoms with E-state index in [-0.39, 0.29) is 0 Å². The molecule has 0 heterocycles. The van der Waals surface area contributed by atoms with Crippen LogP contribution in [0.5, 0.6) is 11.5 Å². The van der Waals surface area contributed by atoms with Crippen LogP contribution in [0, 0.1) is 0 Å².